The number of unbranched alkanes of at least 4 members (excludes halogenated alkanes) is 1. The number of hydrogen-bond acceptors (Lipinski definition) is 5. The summed E-state index contributed by atoms with van der Waals surface area (Å²) in [6, 6.07) is 14.9. The quantitative estimate of drug-likeness (QED) is 0.362. The molecule has 0 aromatic heterocycles. The Morgan fingerprint density at radius 3 is 2.09 bits per heavy atom. The van der Waals surface area contributed by atoms with Crippen LogP contribution in [0.4, 0.5) is 9.59 Å². The maximum absolute atomic E-state index is 12.4. The van der Waals surface area contributed by atoms with Crippen molar-refractivity contribution in [3.63, 3.8) is 0 Å². The van der Waals surface area contributed by atoms with Crippen LogP contribution in [0.3, 0.4) is 0 Å². The van der Waals surface area contributed by atoms with Crippen molar-refractivity contribution in [2.24, 2.45) is 0 Å². The van der Waals surface area contributed by atoms with Crippen LogP contribution in [0.5, 0.6) is 0 Å². The number of benzene rings is 2. The van der Waals surface area contributed by atoms with E-state index in [4.69, 9.17) is 9.47 Å². The Hall–Kier alpha value is -3.55. The van der Waals surface area contributed by atoms with Gasteiger partial charge in [0.2, 0.25) is 0 Å². The van der Waals surface area contributed by atoms with Crippen LogP contribution in [0.1, 0.15) is 57.1 Å². The fraction of sp³-hybridized carbons (Fsp3) is 0.423. The third-order valence-corrected chi connectivity index (χ3v) is 5.52. The van der Waals surface area contributed by atoms with Crippen LogP contribution in [0.25, 0.3) is 11.1 Å². The minimum Gasteiger partial charge on any atom is -0.480 e. The van der Waals surface area contributed by atoms with E-state index in [0.717, 1.165) is 22.3 Å². The van der Waals surface area contributed by atoms with Crippen molar-refractivity contribution in [3.05, 3.63) is 59.7 Å². The second-order valence-corrected chi connectivity index (χ2v) is 9.29. The Bertz CT molecular complexity index is 984. The fourth-order valence-corrected chi connectivity index (χ4v) is 4.02. The summed E-state index contributed by atoms with van der Waals surface area (Å²) in [6.07, 6.45) is -0.0124. The number of hydrogen-bond donors (Lipinski definition) is 3. The van der Waals surface area contributed by atoms with Gasteiger partial charge in [-0.3, -0.25) is 0 Å². The summed E-state index contributed by atoms with van der Waals surface area (Å²) in [6.45, 7) is 5.80. The molecule has 2 aromatic rings. The zero-order valence-electron chi connectivity index (χ0n) is 19.8. The van der Waals surface area contributed by atoms with E-state index in [0.29, 0.717) is 19.4 Å². The lowest BCUT2D eigenvalue weighted by Crippen LogP contribution is -2.41. The average molecular weight is 471 g/mol. The van der Waals surface area contributed by atoms with Gasteiger partial charge < -0.3 is 25.2 Å². The molecule has 3 N–H and O–H groups in total. The van der Waals surface area contributed by atoms with Crippen molar-refractivity contribution in [1.82, 2.24) is 10.6 Å². The van der Waals surface area contributed by atoms with Gasteiger partial charge in [-0.25, -0.2) is 14.4 Å². The molecule has 8 nitrogen and oxygen atoms in total. The number of carboxylic acid groups (broad SMARTS) is 1. The first-order valence-electron chi connectivity index (χ1n) is 11.5. The fourth-order valence-electron chi connectivity index (χ4n) is 4.02. The molecule has 2 amide bonds. The lowest BCUT2D eigenvalue weighted by molar-refractivity contribution is -0.139. The molecule has 2 aromatic carbocycles. The topological polar surface area (TPSA) is 114 Å². The maximum atomic E-state index is 12.4. The molecule has 1 aliphatic rings. The third kappa shape index (κ3) is 6.73. The SMILES string of the molecule is CC(C)(C)OC(=O)[15NH]CCCC[C@H]([15NH]C(=O)OCC1c2ccccc2-c2ccccc21)C(=O)O. The van der Waals surface area contributed by atoms with Crippen LogP contribution in [0.15, 0.2) is 48.5 Å². The van der Waals surface area contributed by atoms with Crippen molar-refractivity contribution < 1.29 is 29.0 Å². The molecule has 34 heavy (non-hydrogen) atoms. The zero-order chi connectivity index (χ0) is 24.7. The Kier molecular flexibility index (Phi) is 8.15. The maximum Gasteiger partial charge on any atom is 0.407 e. The highest BCUT2D eigenvalue weighted by Gasteiger charge is 2.29. The molecule has 1 aliphatic carbocycles. The van der Waals surface area contributed by atoms with E-state index < -0.39 is 29.8 Å². The van der Waals surface area contributed by atoms with Crippen molar-refractivity contribution in [2.75, 3.05) is 13.2 Å². The molecular weight excluding hydrogens is 438 g/mol. The van der Waals surface area contributed by atoms with E-state index in [-0.39, 0.29) is 18.9 Å². The second-order valence-electron chi connectivity index (χ2n) is 9.29. The van der Waals surface area contributed by atoms with Crippen LogP contribution in [0.2, 0.25) is 0 Å². The Morgan fingerprint density at radius 1 is 0.941 bits per heavy atom. The first kappa shape index (κ1) is 25.1. The standard InChI is InChI=1S/C26H32N2O6/c1-26(2,3)34-24(31)27-15-9-8-14-22(23(29)30)28-25(32)33-16-21-19-12-6-4-10-17(19)18-11-5-7-13-20(18)21/h4-7,10-13,21-22H,8-9,14-16H2,1-3H3,(H,27,31)(H,28,32)(H,29,30)/t22-/m0/s1/i27+1,28+1. The molecular formula is C26H32N2O6. The number of fused-ring (bicyclic) bond motifs is 3. The molecule has 0 fully saturated rings. The van der Waals surface area contributed by atoms with Crippen molar-refractivity contribution in [2.45, 2.75) is 57.6 Å². The molecule has 1 atom stereocenters. The van der Waals surface area contributed by atoms with E-state index >= 15 is 0 Å². The number of nitrogens with one attached hydrogen (secondary N) is 2. The molecule has 0 heterocycles. The van der Waals surface area contributed by atoms with E-state index in [2.05, 4.69) is 10.6 Å². The highest BCUT2D eigenvalue weighted by atomic mass is 16.6. The van der Waals surface area contributed by atoms with Gasteiger partial charge in [-0.1, -0.05) is 48.5 Å². The summed E-state index contributed by atoms with van der Waals surface area (Å²) in [4.78, 5) is 35.6. The van der Waals surface area contributed by atoms with Gasteiger partial charge in [0.1, 0.15) is 18.2 Å². The van der Waals surface area contributed by atoms with E-state index in [1.807, 2.05) is 48.5 Å². The van der Waals surface area contributed by atoms with Crippen LogP contribution >= 0.6 is 0 Å². The molecule has 0 unspecified atom stereocenters. The summed E-state index contributed by atoms with van der Waals surface area (Å²) in [5.41, 5.74) is 3.84. The smallest absolute Gasteiger partial charge is 0.407 e. The number of amides is 2. The van der Waals surface area contributed by atoms with Gasteiger partial charge in [-0.2, -0.15) is 0 Å². The number of carbonyl (C=O) groups is 3. The predicted molar refractivity (Wildman–Crippen MR) is 128 cm³/mol. The van der Waals surface area contributed by atoms with E-state index in [9.17, 15) is 19.5 Å². The summed E-state index contributed by atoms with van der Waals surface area (Å²) in [5, 5.41) is 14.6. The number of aliphatic carboxylic acids is 1. The van der Waals surface area contributed by atoms with Gasteiger partial charge in [0.15, 0.2) is 0 Å². The third-order valence-electron chi connectivity index (χ3n) is 5.52. The molecule has 0 bridgehead atoms. The zero-order valence-corrected chi connectivity index (χ0v) is 19.8. The number of alkyl carbamates (subject to hydrolysis) is 2. The first-order valence-corrected chi connectivity index (χ1v) is 11.5. The largest absolute Gasteiger partial charge is 0.480 e. The van der Waals surface area contributed by atoms with E-state index in [1.54, 1.807) is 20.8 Å². The van der Waals surface area contributed by atoms with Crippen molar-refractivity contribution in [3.8, 4) is 11.1 Å². The van der Waals surface area contributed by atoms with Gasteiger partial charge in [0.25, 0.3) is 0 Å². The summed E-state index contributed by atoms with van der Waals surface area (Å²) < 4.78 is 10.6. The first-order chi connectivity index (χ1) is 16.2. The van der Waals surface area contributed by atoms with Crippen LogP contribution < -0.4 is 10.6 Å². The van der Waals surface area contributed by atoms with Crippen LogP contribution in [0, 0.1) is 0 Å². The highest BCUT2D eigenvalue weighted by Crippen LogP contribution is 2.44. The van der Waals surface area contributed by atoms with Crippen molar-refractivity contribution in [1.29, 1.82) is 0 Å². The lowest BCUT2D eigenvalue weighted by atomic mass is 9.98. The van der Waals surface area contributed by atoms with Gasteiger partial charge in [0.05, 0.1) is 0 Å². The number of ether oxygens (including phenoxy) is 2. The number of carbonyl (C=O) groups excluding carboxylic acids is 2. The molecule has 0 radical (unpaired) electrons. The minimum absolute atomic E-state index is 0.0969. The summed E-state index contributed by atoms with van der Waals surface area (Å²) >= 11 is 0. The summed E-state index contributed by atoms with van der Waals surface area (Å²) in [5.74, 6) is -1.23. The van der Waals surface area contributed by atoms with E-state index in [1.165, 1.54) is 0 Å². The normalized spacial score (nSPS) is 13.4. The molecule has 0 saturated carbocycles. The lowest BCUT2D eigenvalue weighted by Gasteiger charge is -2.20. The average Bonchev–Trinajstić information content (AvgIpc) is 3.09. The van der Waals surface area contributed by atoms with Gasteiger partial charge in [0, 0.05) is 12.5 Å². The molecule has 0 spiro atoms. The molecule has 8 heteroatoms. The van der Waals surface area contributed by atoms with Gasteiger partial charge in [-0.05, 0) is 62.3 Å². The summed E-state index contributed by atoms with van der Waals surface area (Å²) in [7, 11) is 0. The predicted octanol–water partition coefficient (Wildman–Crippen LogP) is 4.67. The van der Waals surface area contributed by atoms with Crippen LogP contribution in [-0.4, -0.2) is 48.1 Å². The number of rotatable bonds is 9. The number of carboxylic acids is 1. The Balaban J connectivity index is 1.46. The second kappa shape index (κ2) is 11.0. The highest BCUT2D eigenvalue weighted by molar-refractivity contribution is 5.81. The van der Waals surface area contributed by atoms with Crippen molar-refractivity contribution >= 4 is 18.2 Å². The van der Waals surface area contributed by atoms with Crippen LogP contribution in [-0.2, 0) is 14.3 Å². The molecule has 3 rings (SSSR count). The molecule has 182 valence electrons. The molecule has 0 saturated heterocycles. The van der Waals surface area contributed by atoms with Gasteiger partial charge in [-0.15, -0.1) is 0 Å². The molecule has 0 aliphatic heterocycles. The Labute approximate surface area is 199 Å². The monoisotopic (exact) mass is 470 g/mol. The van der Waals surface area contributed by atoms with Gasteiger partial charge >= 0.3 is 18.2 Å². The minimum atomic E-state index is -1.13. The Morgan fingerprint density at radius 2 is 1.53 bits per heavy atom.